The van der Waals surface area contributed by atoms with Crippen molar-refractivity contribution in [2.45, 2.75) is 25.7 Å². The summed E-state index contributed by atoms with van der Waals surface area (Å²) in [5.41, 5.74) is 0.277. The second-order valence-electron chi connectivity index (χ2n) is 6.15. The lowest BCUT2D eigenvalue weighted by atomic mass is 9.86. The van der Waals surface area contributed by atoms with E-state index in [9.17, 15) is 4.79 Å². The molecular weight excluding hydrogens is 250 g/mol. The zero-order chi connectivity index (χ0) is 11.7. The van der Waals surface area contributed by atoms with Crippen molar-refractivity contribution in [3.63, 3.8) is 0 Å². The summed E-state index contributed by atoms with van der Waals surface area (Å²) in [6.45, 7) is 6.82. The molecule has 0 saturated carbocycles. The maximum Gasteiger partial charge on any atom is 0.220 e. The Morgan fingerprint density at radius 1 is 1.44 bits per heavy atom. The highest BCUT2D eigenvalue weighted by Crippen LogP contribution is 2.36. The van der Waals surface area contributed by atoms with Crippen LogP contribution in [-0.4, -0.2) is 50.1 Å². The van der Waals surface area contributed by atoms with Crippen molar-refractivity contribution >= 4 is 18.3 Å². The van der Waals surface area contributed by atoms with E-state index >= 15 is 0 Å². The molecule has 2 atom stereocenters. The molecule has 0 aromatic rings. The van der Waals surface area contributed by atoms with Gasteiger partial charge < -0.3 is 15.5 Å². The minimum absolute atomic E-state index is 0. The lowest BCUT2D eigenvalue weighted by Crippen LogP contribution is -2.38. The molecule has 0 aromatic carbocycles. The lowest BCUT2D eigenvalue weighted by Gasteiger charge is -2.28. The molecule has 1 amide bonds. The largest absolute Gasteiger partial charge is 0.355 e. The number of nitrogens with zero attached hydrogens (tertiary/aromatic N) is 1. The van der Waals surface area contributed by atoms with Gasteiger partial charge in [0.25, 0.3) is 0 Å². The summed E-state index contributed by atoms with van der Waals surface area (Å²) < 4.78 is 0. The highest BCUT2D eigenvalue weighted by Gasteiger charge is 2.43. The standard InChI is InChI=1S/C13H23N3O.ClH/c17-12-6-13(9-15-12)3-5-16(10-13)8-11-2-1-4-14-7-11;/h11,14H,1-10H2,(H,15,17);1H. The van der Waals surface area contributed by atoms with Crippen LogP contribution in [0.2, 0.25) is 0 Å². The molecule has 18 heavy (non-hydrogen) atoms. The number of piperidine rings is 1. The summed E-state index contributed by atoms with van der Waals surface area (Å²) >= 11 is 0. The summed E-state index contributed by atoms with van der Waals surface area (Å²) in [6.07, 6.45) is 4.65. The van der Waals surface area contributed by atoms with Gasteiger partial charge in [-0.2, -0.15) is 0 Å². The van der Waals surface area contributed by atoms with E-state index in [1.165, 1.54) is 45.4 Å². The second kappa shape index (κ2) is 5.76. The Hall–Kier alpha value is -0.320. The van der Waals surface area contributed by atoms with Crippen LogP contribution in [0.15, 0.2) is 0 Å². The first-order chi connectivity index (χ1) is 8.26. The van der Waals surface area contributed by atoms with E-state index in [1.54, 1.807) is 0 Å². The number of hydrogen-bond donors (Lipinski definition) is 2. The van der Waals surface area contributed by atoms with E-state index in [0.717, 1.165) is 25.4 Å². The average Bonchev–Trinajstić information content (AvgIpc) is 2.88. The molecule has 3 fully saturated rings. The number of carbonyl (C=O) groups is 1. The van der Waals surface area contributed by atoms with Gasteiger partial charge >= 0.3 is 0 Å². The normalized spacial score (nSPS) is 36.7. The van der Waals surface area contributed by atoms with Gasteiger partial charge in [-0.1, -0.05) is 0 Å². The maximum absolute atomic E-state index is 11.4. The molecule has 3 saturated heterocycles. The zero-order valence-corrected chi connectivity index (χ0v) is 11.7. The number of carbonyl (C=O) groups excluding carboxylic acids is 1. The molecule has 104 valence electrons. The van der Waals surface area contributed by atoms with Crippen LogP contribution < -0.4 is 10.6 Å². The number of rotatable bonds is 2. The SMILES string of the molecule is Cl.O=C1CC2(CCN(CC3CCCNC3)C2)CN1. The van der Waals surface area contributed by atoms with E-state index in [2.05, 4.69) is 15.5 Å². The fourth-order valence-corrected chi connectivity index (χ4v) is 3.67. The molecule has 0 radical (unpaired) electrons. The highest BCUT2D eigenvalue weighted by molar-refractivity contribution is 5.85. The Bertz CT molecular complexity index is 307. The summed E-state index contributed by atoms with van der Waals surface area (Å²) in [5, 5.41) is 6.48. The molecule has 2 N–H and O–H groups in total. The molecular formula is C13H24ClN3O. The fourth-order valence-electron chi connectivity index (χ4n) is 3.67. The van der Waals surface area contributed by atoms with Crippen molar-refractivity contribution in [2.75, 3.05) is 39.3 Å². The van der Waals surface area contributed by atoms with E-state index in [4.69, 9.17) is 0 Å². The van der Waals surface area contributed by atoms with Crippen LogP contribution in [-0.2, 0) is 4.79 Å². The molecule has 3 heterocycles. The van der Waals surface area contributed by atoms with Crippen LogP contribution in [0.3, 0.4) is 0 Å². The fraction of sp³-hybridized carbons (Fsp3) is 0.923. The van der Waals surface area contributed by atoms with Gasteiger partial charge in [-0.15, -0.1) is 12.4 Å². The Morgan fingerprint density at radius 3 is 3.00 bits per heavy atom. The van der Waals surface area contributed by atoms with Crippen molar-refractivity contribution in [1.29, 1.82) is 0 Å². The van der Waals surface area contributed by atoms with Crippen LogP contribution in [0.25, 0.3) is 0 Å². The zero-order valence-electron chi connectivity index (χ0n) is 10.9. The molecule has 3 rings (SSSR count). The van der Waals surface area contributed by atoms with Gasteiger partial charge in [0.1, 0.15) is 0 Å². The van der Waals surface area contributed by atoms with Crippen LogP contribution in [0.5, 0.6) is 0 Å². The Labute approximate surface area is 115 Å². The van der Waals surface area contributed by atoms with Gasteiger partial charge in [-0.3, -0.25) is 4.79 Å². The van der Waals surface area contributed by atoms with E-state index in [0.29, 0.717) is 0 Å². The summed E-state index contributed by atoms with van der Waals surface area (Å²) in [4.78, 5) is 13.9. The number of nitrogens with one attached hydrogen (secondary N) is 2. The predicted octanol–water partition coefficient (Wildman–Crippen LogP) is 0.620. The van der Waals surface area contributed by atoms with Crippen molar-refractivity contribution in [3.05, 3.63) is 0 Å². The first-order valence-electron chi connectivity index (χ1n) is 6.96. The highest BCUT2D eigenvalue weighted by atomic mass is 35.5. The van der Waals surface area contributed by atoms with Crippen LogP contribution in [0, 0.1) is 11.3 Å². The van der Waals surface area contributed by atoms with Crippen molar-refractivity contribution < 1.29 is 4.79 Å². The van der Waals surface area contributed by atoms with E-state index in [-0.39, 0.29) is 23.7 Å². The van der Waals surface area contributed by atoms with Gasteiger partial charge in [0.2, 0.25) is 5.91 Å². The third-order valence-corrected chi connectivity index (χ3v) is 4.63. The van der Waals surface area contributed by atoms with Gasteiger partial charge in [-0.25, -0.2) is 0 Å². The Kier molecular flexibility index (Phi) is 4.51. The molecule has 5 heteroatoms. The number of likely N-dealkylation sites (tertiary alicyclic amines) is 1. The van der Waals surface area contributed by atoms with E-state index in [1.807, 2.05) is 0 Å². The third kappa shape index (κ3) is 2.98. The molecule has 1 spiro atoms. The van der Waals surface area contributed by atoms with Gasteiger partial charge in [0, 0.05) is 31.5 Å². The van der Waals surface area contributed by atoms with Gasteiger partial charge in [0.15, 0.2) is 0 Å². The third-order valence-electron chi connectivity index (χ3n) is 4.63. The molecule has 0 aromatic heterocycles. The van der Waals surface area contributed by atoms with E-state index < -0.39 is 0 Å². The average molecular weight is 274 g/mol. The maximum atomic E-state index is 11.4. The van der Waals surface area contributed by atoms with Crippen molar-refractivity contribution in [3.8, 4) is 0 Å². The first kappa shape index (κ1) is 14.1. The molecule has 3 aliphatic heterocycles. The monoisotopic (exact) mass is 273 g/mol. The topological polar surface area (TPSA) is 44.4 Å². The van der Waals surface area contributed by atoms with Crippen molar-refractivity contribution in [2.24, 2.45) is 11.3 Å². The first-order valence-corrected chi connectivity index (χ1v) is 6.96. The quantitative estimate of drug-likeness (QED) is 0.775. The summed E-state index contributed by atoms with van der Waals surface area (Å²) in [6, 6.07) is 0. The minimum Gasteiger partial charge on any atom is -0.355 e. The van der Waals surface area contributed by atoms with Crippen LogP contribution in [0.4, 0.5) is 0 Å². The van der Waals surface area contributed by atoms with Crippen LogP contribution in [0.1, 0.15) is 25.7 Å². The number of halogens is 1. The number of amides is 1. The molecule has 2 unspecified atom stereocenters. The smallest absolute Gasteiger partial charge is 0.220 e. The summed E-state index contributed by atoms with van der Waals surface area (Å²) in [5.74, 6) is 1.08. The molecule has 0 aliphatic carbocycles. The van der Waals surface area contributed by atoms with Crippen LogP contribution >= 0.6 is 12.4 Å². The molecule has 3 aliphatic rings. The van der Waals surface area contributed by atoms with Gasteiger partial charge in [0.05, 0.1) is 0 Å². The van der Waals surface area contributed by atoms with Gasteiger partial charge in [-0.05, 0) is 44.8 Å². The lowest BCUT2D eigenvalue weighted by molar-refractivity contribution is -0.119. The Morgan fingerprint density at radius 2 is 2.33 bits per heavy atom. The van der Waals surface area contributed by atoms with Crippen molar-refractivity contribution in [1.82, 2.24) is 15.5 Å². The minimum atomic E-state index is 0. The predicted molar refractivity (Wildman–Crippen MR) is 74.0 cm³/mol. The summed E-state index contributed by atoms with van der Waals surface area (Å²) in [7, 11) is 0. The second-order valence-corrected chi connectivity index (χ2v) is 6.15. The molecule has 0 bridgehead atoms. The Balaban J connectivity index is 0.00000120. The number of hydrogen-bond acceptors (Lipinski definition) is 3. The molecule has 4 nitrogen and oxygen atoms in total.